The third-order valence-electron chi connectivity index (χ3n) is 7.43. The standard InChI is InChI=1S/C27H27F6N3O5S/c1-15-20-22(39)36(14-18(27(31,32)33)17-5-3-2-4-6-17)25(41)35(12-9-26(28,29)30)24(20)42-21(15)23(40)34-10-7-16(8-11-34)13-19(37)38/h2-6,16,18H,7-14H2,1H3,(H,37,38)/p-1. The molecule has 1 atom stereocenters. The van der Waals surface area contributed by atoms with E-state index in [-0.39, 0.29) is 51.6 Å². The minimum atomic E-state index is -4.90. The maximum absolute atomic E-state index is 14.1. The summed E-state index contributed by atoms with van der Waals surface area (Å²) in [5.41, 5.74) is -2.67. The van der Waals surface area contributed by atoms with Gasteiger partial charge in [0.15, 0.2) is 0 Å². The van der Waals surface area contributed by atoms with Crippen molar-refractivity contribution in [2.75, 3.05) is 13.1 Å². The zero-order chi connectivity index (χ0) is 31.0. The summed E-state index contributed by atoms with van der Waals surface area (Å²) in [5, 5.41) is 10.6. The molecule has 1 saturated heterocycles. The van der Waals surface area contributed by atoms with Crippen molar-refractivity contribution in [3.63, 3.8) is 0 Å². The summed E-state index contributed by atoms with van der Waals surface area (Å²) in [7, 11) is 0. The number of nitrogens with zero attached hydrogens (tertiary/aromatic N) is 3. The molecule has 1 amide bonds. The van der Waals surface area contributed by atoms with Gasteiger partial charge in [-0.15, -0.1) is 11.3 Å². The first kappa shape index (κ1) is 31.3. The Hall–Kier alpha value is -3.62. The second-order valence-corrected chi connectivity index (χ2v) is 11.3. The van der Waals surface area contributed by atoms with Crippen LogP contribution in [0.15, 0.2) is 39.9 Å². The van der Waals surface area contributed by atoms with Gasteiger partial charge in [0, 0.05) is 32.1 Å². The Morgan fingerprint density at radius 3 is 2.19 bits per heavy atom. The summed E-state index contributed by atoms with van der Waals surface area (Å²) in [6, 6.07) is 6.53. The van der Waals surface area contributed by atoms with Crippen LogP contribution in [0.4, 0.5) is 26.3 Å². The van der Waals surface area contributed by atoms with E-state index in [1.165, 1.54) is 42.2 Å². The predicted molar refractivity (Wildman–Crippen MR) is 139 cm³/mol. The number of amides is 1. The Morgan fingerprint density at radius 1 is 1.02 bits per heavy atom. The number of carboxylic acids is 1. The molecule has 2 aromatic heterocycles. The fraction of sp³-hybridized carbons (Fsp3) is 0.481. The van der Waals surface area contributed by atoms with Crippen molar-refractivity contribution in [2.24, 2.45) is 5.92 Å². The summed E-state index contributed by atoms with van der Waals surface area (Å²) in [6.07, 6.45) is -10.5. The van der Waals surface area contributed by atoms with Gasteiger partial charge in [0.25, 0.3) is 11.5 Å². The van der Waals surface area contributed by atoms with Gasteiger partial charge in [-0.3, -0.25) is 18.7 Å². The highest BCUT2D eigenvalue weighted by Gasteiger charge is 2.42. The number of carbonyl (C=O) groups is 2. The molecule has 42 heavy (non-hydrogen) atoms. The van der Waals surface area contributed by atoms with Crippen LogP contribution in [0.25, 0.3) is 10.2 Å². The lowest BCUT2D eigenvalue weighted by molar-refractivity contribution is -0.307. The number of thiophene rings is 1. The van der Waals surface area contributed by atoms with Gasteiger partial charge in [-0.2, -0.15) is 26.3 Å². The molecule has 3 heterocycles. The molecule has 228 valence electrons. The van der Waals surface area contributed by atoms with Crippen molar-refractivity contribution in [1.82, 2.24) is 14.0 Å². The third-order valence-corrected chi connectivity index (χ3v) is 8.73. The van der Waals surface area contributed by atoms with E-state index in [0.717, 1.165) is 0 Å². The normalized spacial score (nSPS) is 15.7. The summed E-state index contributed by atoms with van der Waals surface area (Å²) in [6.45, 7) is -0.418. The predicted octanol–water partition coefficient (Wildman–Crippen LogP) is 3.82. The zero-order valence-corrected chi connectivity index (χ0v) is 23.1. The number of alkyl halides is 6. The molecule has 1 aliphatic rings. The van der Waals surface area contributed by atoms with Crippen LogP contribution in [0.1, 0.15) is 52.4 Å². The number of piperidine rings is 1. The number of benzene rings is 1. The first-order valence-corrected chi connectivity index (χ1v) is 13.8. The minimum absolute atomic E-state index is 0.0335. The summed E-state index contributed by atoms with van der Waals surface area (Å²) in [4.78, 5) is 52.4. The molecule has 1 unspecified atom stereocenters. The number of fused-ring (bicyclic) bond motifs is 1. The number of rotatable bonds is 8. The maximum atomic E-state index is 14.1. The highest BCUT2D eigenvalue weighted by molar-refractivity contribution is 7.20. The molecule has 3 aromatic rings. The van der Waals surface area contributed by atoms with Crippen molar-refractivity contribution < 1.29 is 41.0 Å². The molecule has 0 spiro atoms. The van der Waals surface area contributed by atoms with Crippen LogP contribution in [0.5, 0.6) is 0 Å². The molecule has 8 nitrogen and oxygen atoms in total. The molecule has 0 saturated carbocycles. The van der Waals surface area contributed by atoms with Crippen LogP contribution in [-0.4, -0.2) is 51.4 Å². The van der Waals surface area contributed by atoms with Gasteiger partial charge in [-0.05, 0) is 43.2 Å². The Bertz CT molecular complexity index is 1580. The van der Waals surface area contributed by atoms with Crippen molar-refractivity contribution >= 4 is 33.4 Å². The lowest BCUT2D eigenvalue weighted by Gasteiger charge is -2.32. The van der Waals surface area contributed by atoms with Crippen molar-refractivity contribution in [3.8, 4) is 0 Å². The topological polar surface area (TPSA) is 104 Å². The molecule has 15 heteroatoms. The van der Waals surface area contributed by atoms with E-state index in [1.807, 2.05) is 0 Å². The lowest BCUT2D eigenvalue weighted by Crippen LogP contribution is -2.43. The van der Waals surface area contributed by atoms with Crippen LogP contribution in [-0.2, 0) is 17.9 Å². The number of hydrogen-bond donors (Lipinski definition) is 0. The molecule has 1 aliphatic heterocycles. The van der Waals surface area contributed by atoms with E-state index in [1.54, 1.807) is 0 Å². The number of carboxylic acid groups (broad SMARTS) is 1. The number of hydrogen-bond acceptors (Lipinski definition) is 6. The summed E-state index contributed by atoms with van der Waals surface area (Å²) in [5.74, 6) is -4.29. The maximum Gasteiger partial charge on any atom is 0.397 e. The highest BCUT2D eigenvalue weighted by atomic mass is 32.1. The minimum Gasteiger partial charge on any atom is -0.550 e. The SMILES string of the molecule is Cc1c(C(=O)N2CCC(CC(=O)[O-])CC2)sc2c1c(=O)n(CC(c1ccccc1)C(F)(F)F)c(=O)n2CCC(F)(F)F. The smallest absolute Gasteiger partial charge is 0.397 e. The van der Waals surface area contributed by atoms with E-state index < -0.39 is 60.9 Å². The van der Waals surface area contributed by atoms with E-state index in [4.69, 9.17) is 0 Å². The van der Waals surface area contributed by atoms with Gasteiger partial charge in [-0.25, -0.2) is 4.79 Å². The van der Waals surface area contributed by atoms with Gasteiger partial charge >= 0.3 is 18.0 Å². The lowest BCUT2D eigenvalue weighted by atomic mass is 9.93. The molecule has 0 N–H and O–H groups in total. The van der Waals surface area contributed by atoms with E-state index in [9.17, 15) is 50.6 Å². The van der Waals surface area contributed by atoms with Crippen LogP contribution < -0.4 is 16.4 Å². The van der Waals surface area contributed by atoms with Gasteiger partial charge in [-0.1, -0.05) is 30.3 Å². The van der Waals surface area contributed by atoms with Gasteiger partial charge in [0.1, 0.15) is 4.83 Å². The Morgan fingerprint density at radius 2 is 1.64 bits per heavy atom. The van der Waals surface area contributed by atoms with Crippen LogP contribution in [0.3, 0.4) is 0 Å². The monoisotopic (exact) mass is 618 g/mol. The average Bonchev–Trinajstić information content (AvgIpc) is 3.24. The van der Waals surface area contributed by atoms with Crippen molar-refractivity contribution in [2.45, 2.75) is 64.0 Å². The van der Waals surface area contributed by atoms with Crippen LogP contribution in [0, 0.1) is 12.8 Å². The highest BCUT2D eigenvalue weighted by Crippen LogP contribution is 2.36. The Balaban J connectivity index is 1.81. The van der Waals surface area contributed by atoms with E-state index in [0.29, 0.717) is 33.3 Å². The molecule has 0 bridgehead atoms. The second-order valence-electron chi connectivity index (χ2n) is 10.3. The molecular weight excluding hydrogens is 592 g/mol. The molecule has 1 fully saturated rings. The third kappa shape index (κ3) is 6.71. The second kappa shape index (κ2) is 11.9. The average molecular weight is 619 g/mol. The summed E-state index contributed by atoms with van der Waals surface area (Å²) >= 11 is 0.637. The number of aromatic nitrogens is 2. The van der Waals surface area contributed by atoms with Gasteiger partial charge < -0.3 is 14.8 Å². The zero-order valence-electron chi connectivity index (χ0n) is 22.3. The van der Waals surface area contributed by atoms with Crippen LogP contribution in [0.2, 0.25) is 0 Å². The Kier molecular flexibility index (Phi) is 8.90. The molecule has 0 radical (unpaired) electrons. The van der Waals surface area contributed by atoms with Crippen molar-refractivity contribution in [1.29, 1.82) is 0 Å². The first-order valence-electron chi connectivity index (χ1n) is 13.0. The molecule has 0 aliphatic carbocycles. The van der Waals surface area contributed by atoms with Crippen molar-refractivity contribution in [3.05, 3.63) is 67.2 Å². The van der Waals surface area contributed by atoms with Gasteiger partial charge in [0.05, 0.1) is 22.6 Å². The van der Waals surface area contributed by atoms with Gasteiger partial charge in [0.2, 0.25) is 0 Å². The first-order chi connectivity index (χ1) is 19.6. The fourth-order valence-corrected chi connectivity index (χ4v) is 6.47. The number of likely N-dealkylation sites (tertiary alicyclic amines) is 1. The van der Waals surface area contributed by atoms with Crippen LogP contribution >= 0.6 is 11.3 Å². The van der Waals surface area contributed by atoms with E-state index >= 15 is 0 Å². The largest absolute Gasteiger partial charge is 0.550 e. The summed E-state index contributed by atoms with van der Waals surface area (Å²) < 4.78 is 82.8. The molecule has 4 rings (SSSR count). The number of aliphatic carboxylic acids is 1. The molecular formula is C27H26F6N3O5S-. The number of halogens is 6. The Labute approximate surface area is 238 Å². The number of carbonyl (C=O) groups excluding carboxylic acids is 2. The molecule has 1 aromatic carbocycles. The number of aryl methyl sites for hydroxylation is 2. The van der Waals surface area contributed by atoms with E-state index in [2.05, 4.69) is 0 Å². The fourth-order valence-electron chi connectivity index (χ4n) is 5.18. The quantitative estimate of drug-likeness (QED) is 0.357.